The van der Waals surface area contributed by atoms with Gasteiger partial charge in [0.2, 0.25) is 0 Å². The van der Waals surface area contributed by atoms with Crippen LogP contribution in [0.1, 0.15) is 11.5 Å². The molecule has 2 rings (SSSR count). The summed E-state index contributed by atoms with van der Waals surface area (Å²) < 4.78 is 40.8. The highest BCUT2D eigenvalue weighted by molar-refractivity contribution is 5.59. The van der Waals surface area contributed by atoms with Gasteiger partial charge < -0.3 is 4.52 Å². The minimum Gasteiger partial charge on any atom is -0.333 e. The average molecular weight is 229 g/mol. The number of nitriles is 1. The molecule has 0 saturated carbocycles. The topological polar surface area (TPSA) is 91.4 Å². The molecule has 0 saturated heterocycles. The van der Waals surface area contributed by atoms with Crippen molar-refractivity contribution in [2.45, 2.75) is 6.18 Å². The highest BCUT2D eigenvalue weighted by Gasteiger charge is 2.37. The molecule has 2 aromatic heterocycles. The molecule has 0 atom stereocenters. The van der Waals surface area contributed by atoms with Crippen LogP contribution in [0.2, 0.25) is 0 Å². The van der Waals surface area contributed by atoms with Crippen molar-refractivity contribution >= 4 is 0 Å². The first-order valence-corrected chi connectivity index (χ1v) is 3.87. The van der Waals surface area contributed by atoms with Gasteiger partial charge in [0.15, 0.2) is 0 Å². The first-order valence-electron chi connectivity index (χ1n) is 3.87. The largest absolute Gasteiger partial charge is 0.455 e. The fourth-order valence-corrected chi connectivity index (χ4v) is 0.982. The number of alkyl halides is 3. The third-order valence-corrected chi connectivity index (χ3v) is 1.66. The molecule has 16 heavy (non-hydrogen) atoms. The van der Waals surface area contributed by atoms with E-state index in [9.17, 15) is 13.2 Å². The summed E-state index contributed by atoms with van der Waals surface area (Å²) in [6.07, 6.45) is -3.55. The minimum absolute atomic E-state index is 0.0329. The fourth-order valence-electron chi connectivity index (χ4n) is 0.982. The zero-order valence-electron chi connectivity index (χ0n) is 7.41. The third-order valence-electron chi connectivity index (χ3n) is 1.66. The average Bonchev–Trinajstić information content (AvgIpc) is 2.84. The Kier molecular flexibility index (Phi) is 2.12. The molecule has 0 aromatic carbocycles. The maximum atomic E-state index is 12.2. The van der Waals surface area contributed by atoms with Crippen molar-refractivity contribution in [3.8, 4) is 17.5 Å². The van der Waals surface area contributed by atoms with Gasteiger partial charge in [-0.25, -0.2) is 0 Å². The smallest absolute Gasteiger partial charge is 0.333 e. The Balaban J connectivity index is 2.44. The quantitative estimate of drug-likeness (QED) is 0.796. The lowest BCUT2D eigenvalue weighted by Crippen LogP contribution is -2.07. The Morgan fingerprint density at radius 2 is 2.19 bits per heavy atom. The van der Waals surface area contributed by atoms with Crippen LogP contribution in [0.3, 0.4) is 0 Å². The summed E-state index contributed by atoms with van der Waals surface area (Å²) in [4.78, 5) is 3.12. The van der Waals surface area contributed by atoms with Crippen LogP contribution in [0, 0.1) is 11.3 Å². The molecule has 2 heterocycles. The van der Waals surface area contributed by atoms with E-state index in [0.29, 0.717) is 0 Å². The summed E-state index contributed by atoms with van der Waals surface area (Å²) in [7, 11) is 0. The zero-order valence-corrected chi connectivity index (χ0v) is 7.41. The molecule has 0 spiro atoms. The predicted octanol–water partition coefficient (Wildman–Crippen LogP) is 1.35. The molecule has 0 aliphatic heterocycles. The lowest BCUT2D eigenvalue weighted by Gasteiger charge is -1.95. The number of hydrogen-bond acceptors (Lipinski definition) is 5. The van der Waals surface area contributed by atoms with E-state index in [-0.39, 0.29) is 11.3 Å². The van der Waals surface area contributed by atoms with Crippen LogP contribution >= 0.6 is 0 Å². The summed E-state index contributed by atoms with van der Waals surface area (Å²) in [5.41, 5.74) is -0.0112. The van der Waals surface area contributed by atoms with Crippen molar-refractivity contribution < 1.29 is 17.7 Å². The van der Waals surface area contributed by atoms with E-state index in [0.717, 1.165) is 6.20 Å². The van der Waals surface area contributed by atoms with E-state index < -0.39 is 17.9 Å². The van der Waals surface area contributed by atoms with Crippen molar-refractivity contribution in [2.75, 3.05) is 0 Å². The number of nitrogens with one attached hydrogen (secondary N) is 1. The minimum atomic E-state index is -4.68. The number of aromatic amines is 1. The second-order valence-electron chi connectivity index (χ2n) is 2.69. The summed E-state index contributed by atoms with van der Waals surface area (Å²) in [5.74, 6) is -1.80. The van der Waals surface area contributed by atoms with Gasteiger partial charge in [-0.1, -0.05) is 5.16 Å². The van der Waals surface area contributed by atoms with Gasteiger partial charge in [0.1, 0.15) is 11.8 Å². The molecule has 82 valence electrons. The van der Waals surface area contributed by atoms with E-state index in [2.05, 4.69) is 24.9 Å². The number of nitrogens with zero attached hydrogens (tertiary/aromatic N) is 4. The molecule has 0 bridgehead atoms. The molecule has 0 aliphatic carbocycles. The van der Waals surface area contributed by atoms with Crippen molar-refractivity contribution in [2.24, 2.45) is 0 Å². The fraction of sp³-hybridized carbons (Fsp3) is 0.143. The van der Waals surface area contributed by atoms with Crippen LogP contribution in [0.25, 0.3) is 11.5 Å². The number of rotatable bonds is 1. The Bertz CT molecular complexity index is 549. The Hall–Kier alpha value is -2.37. The van der Waals surface area contributed by atoms with Gasteiger partial charge in [0.25, 0.3) is 11.7 Å². The van der Waals surface area contributed by atoms with Crippen molar-refractivity contribution in [3.05, 3.63) is 17.7 Å². The Labute approximate surface area is 85.7 Å². The summed E-state index contributed by atoms with van der Waals surface area (Å²) in [6.45, 7) is 0. The maximum Gasteiger partial charge on any atom is 0.455 e. The molecule has 9 heteroatoms. The highest BCUT2D eigenvalue weighted by atomic mass is 19.4. The second kappa shape index (κ2) is 3.34. The lowest BCUT2D eigenvalue weighted by molar-refractivity contribution is -0.146. The standard InChI is InChI=1S/C7H2F3N5O/c8-7(9,10)6-13-5(16-15-6)3-2-12-14-4(3)1-11/h2H,(H,12,14). The molecule has 0 radical (unpaired) electrons. The van der Waals surface area contributed by atoms with E-state index in [1.165, 1.54) is 0 Å². The van der Waals surface area contributed by atoms with Crippen LogP contribution in [0.5, 0.6) is 0 Å². The number of hydrogen-bond donors (Lipinski definition) is 1. The molecule has 0 unspecified atom stereocenters. The molecule has 0 fully saturated rings. The number of H-pyrrole nitrogens is 1. The summed E-state index contributed by atoms with van der Waals surface area (Å²) >= 11 is 0. The SMILES string of the molecule is N#Cc1[nH]ncc1-c1nc(C(F)(F)F)no1. The molecule has 6 nitrogen and oxygen atoms in total. The molecule has 1 N–H and O–H groups in total. The number of halogens is 3. The van der Waals surface area contributed by atoms with Gasteiger partial charge in [0.05, 0.1) is 11.8 Å². The van der Waals surface area contributed by atoms with E-state index in [1.54, 1.807) is 6.07 Å². The Morgan fingerprint density at radius 3 is 2.75 bits per heavy atom. The van der Waals surface area contributed by atoms with Crippen LogP contribution in [-0.2, 0) is 6.18 Å². The lowest BCUT2D eigenvalue weighted by atomic mass is 10.2. The first kappa shape index (κ1) is 10.2. The predicted molar refractivity (Wildman–Crippen MR) is 41.6 cm³/mol. The van der Waals surface area contributed by atoms with E-state index >= 15 is 0 Å². The normalized spacial score (nSPS) is 11.4. The van der Waals surface area contributed by atoms with E-state index in [4.69, 9.17) is 5.26 Å². The maximum absolute atomic E-state index is 12.2. The van der Waals surface area contributed by atoms with Gasteiger partial charge in [-0.15, -0.1) is 0 Å². The molecule has 2 aromatic rings. The second-order valence-corrected chi connectivity index (χ2v) is 2.69. The Morgan fingerprint density at radius 1 is 1.44 bits per heavy atom. The van der Waals surface area contributed by atoms with Crippen molar-refractivity contribution in [1.82, 2.24) is 20.3 Å². The van der Waals surface area contributed by atoms with Crippen LogP contribution in [-0.4, -0.2) is 20.3 Å². The van der Waals surface area contributed by atoms with E-state index in [1.807, 2.05) is 0 Å². The first-order chi connectivity index (χ1) is 7.52. The van der Waals surface area contributed by atoms with Gasteiger partial charge in [-0.2, -0.15) is 28.5 Å². The highest BCUT2D eigenvalue weighted by Crippen LogP contribution is 2.29. The van der Waals surface area contributed by atoms with Crippen LogP contribution < -0.4 is 0 Å². The summed E-state index contributed by atoms with van der Waals surface area (Å²) in [5, 5.41) is 17.1. The van der Waals surface area contributed by atoms with Gasteiger partial charge >= 0.3 is 6.18 Å². The molecular formula is C7H2F3N5O. The van der Waals surface area contributed by atoms with Crippen molar-refractivity contribution in [1.29, 1.82) is 5.26 Å². The van der Waals surface area contributed by atoms with Gasteiger partial charge in [0, 0.05) is 0 Å². The summed E-state index contributed by atoms with van der Waals surface area (Å²) in [6, 6.07) is 1.69. The number of aromatic nitrogens is 4. The molecule has 0 aliphatic rings. The van der Waals surface area contributed by atoms with Crippen LogP contribution in [0.4, 0.5) is 13.2 Å². The van der Waals surface area contributed by atoms with Gasteiger partial charge in [-0.05, 0) is 0 Å². The zero-order chi connectivity index (χ0) is 11.8. The molecule has 0 amide bonds. The van der Waals surface area contributed by atoms with Crippen molar-refractivity contribution in [3.63, 3.8) is 0 Å². The van der Waals surface area contributed by atoms with Gasteiger partial charge in [-0.3, -0.25) is 5.10 Å². The van der Waals surface area contributed by atoms with Crippen LogP contribution in [0.15, 0.2) is 10.7 Å². The molecular weight excluding hydrogens is 227 g/mol. The monoisotopic (exact) mass is 229 g/mol. The third kappa shape index (κ3) is 1.60.